The van der Waals surface area contributed by atoms with Crippen molar-refractivity contribution in [3.05, 3.63) is 218 Å². The minimum atomic E-state index is -2.91. The summed E-state index contributed by atoms with van der Waals surface area (Å²) in [4.78, 5) is 2.37. The molecule has 9 rings (SSSR count). The molecule has 0 aliphatic carbocycles. The predicted molar refractivity (Wildman–Crippen MR) is 219 cm³/mol. The number of hydrogen-bond acceptors (Lipinski definition) is 1. The van der Waals surface area contributed by atoms with Crippen LogP contribution in [0.1, 0.15) is 0 Å². The molecule has 0 amide bonds. The molecule has 0 aliphatic heterocycles. The third-order valence-corrected chi connectivity index (χ3v) is 14.9. The van der Waals surface area contributed by atoms with E-state index in [0.717, 1.165) is 22.7 Å². The first-order valence-corrected chi connectivity index (χ1v) is 19.5. The fourth-order valence-corrected chi connectivity index (χ4v) is 12.7. The summed E-state index contributed by atoms with van der Waals surface area (Å²) < 4.78 is 2.44. The second kappa shape index (κ2) is 13.1. The van der Waals surface area contributed by atoms with E-state index in [9.17, 15) is 0 Å². The summed E-state index contributed by atoms with van der Waals surface area (Å²) in [6.45, 7) is 0. The molecule has 0 spiro atoms. The smallest absolute Gasteiger partial charge is 0.179 e. The molecule has 51 heavy (non-hydrogen) atoms. The van der Waals surface area contributed by atoms with Crippen LogP contribution in [-0.2, 0) is 0 Å². The van der Waals surface area contributed by atoms with Gasteiger partial charge in [-0.3, -0.25) is 0 Å². The fraction of sp³-hybridized carbons (Fsp3) is 0. The molecule has 2 nitrogen and oxygen atoms in total. The second-order valence-electron chi connectivity index (χ2n) is 13.0. The highest BCUT2D eigenvalue weighted by atomic mass is 28.3. The van der Waals surface area contributed by atoms with E-state index in [1.165, 1.54) is 42.6 Å². The van der Waals surface area contributed by atoms with E-state index in [2.05, 4.69) is 228 Å². The third kappa shape index (κ3) is 5.27. The van der Waals surface area contributed by atoms with Crippen LogP contribution in [0.5, 0.6) is 0 Å². The quantitative estimate of drug-likeness (QED) is 0.116. The number of aromatic nitrogens is 1. The van der Waals surface area contributed by atoms with Crippen LogP contribution in [0.4, 0.5) is 17.1 Å². The molecule has 0 N–H and O–H groups in total. The molecule has 242 valence electrons. The molecule has 9 aromatic rings. The van der Waals surface area contributed by atoms with Gasteiger partial charge in [0.2, 0.25) is 0 Å². The topological polar surface area (TPSA) is 8.17 Å². The molecule has 0 fully saturated rings. The number of fused-ring (bicyclic) bond motifs is 3. The summed E-state index contributed by atoms with van der Waals surface area (Å²) in [5.41, 5.74) is 6.98. The molecule has 0 saturated heterocycles. The summed E-state index contributed by atoms with van der Waals surface area (Å²) in [6, 6.07) is 79.9. The number of rotatable bonds is 8. The molecule has 0 atom stereocenters. The highest BCUT2D eigenvalue weighted by Crippen LogP contribution is 2.35. The Labute approximate surface area is 300 Å². The van der Waals surface area contributed by atoms with Crippen LogP contribution in [0.2, 0.25) is 0 Å². The molecule has 0 bridgehead atoms. The standard InChI is InChI=1S/C48H36N2Si/c1-6-19-37(20-7-1)49(38-21-8-2-9-22-38)40-25-18-30-43(35-40)51(41-26-12-4-13-27-41,42-28-14-5-15-29-42)44-33-34-46-45-31-16-17-32-47(45)50(48(46)36-44)39-23-10-3-11-24-39/h1-36H. The average molecular weight is 669 g/mol. The van der Waals surface area contributed by atoms with Crippen LogP contribution < -0.4 is 25.6 Å². The zero-order valence-corrected chi connectivity index (χ0v) is 29.2. The van der Waals surface area contributed by atoms with Crippen LogP contribution in [0.25, 0.3) is 27.5 Å². The summed E-state index contributed by atoms with van der Waals surface area (Å²) in [5.74, 6) is 0. The molecule has 0 radical (unpaired) electrons. The molecule has 0 aliphatic rings. The van der Waals surface area contributed by atoms with Crippen molar-refractivity contribution in [2.24, 2.45) is 0 Å². The minimum Gasteiger partial charge on any atom is -0.311 e. The van der Waals surface area contributed by atoms with Gasteiger partial charge in [-0.15, -0.1) is 0 Å². The summed E-state index contributed by atoms with van der Waals surface area (Å²) in [6.07, 6.45) is 0. The van der Waals surface area contributed by atoms with E-state index in [0.29, 0.717) is 0 Å². The predicted octanol–water partition coefficient (Wildman–Crippen LogP) is 9.63. The van der Waals surface area contributed by atoms with Crippen molar-refractivity contribution in [1.29, 1.82) is 0 Å². The van der Waals surface area contributed by atoms with Crippen molar-refractivity contribution in [1.82, 2.24) is 4.57 Å². The van der Waals surface area contributed by atoms with Gasteiger partial charge in [0.15, 0.2) is 8.07 Å². The zero-order chi connectivity index (χ0) is 34.0. The SMILES string of the molecule is c1ccc(N(c2ccccc2)c2cccc([Si](c3ccccc3)(c3ccccc3)c3ccc4c5ccccc5n(-c5ccccc5)c4c3)c2)cc1. The van der Waals surface area contributed by atoms with Crippen LogP contribution in [0.15, 0.2) is 218 Å². The molecule has 8 aromatic carbocycles. The van der Waals surface area contributed by atoms with E-state index in [4.69, 9.17) is 0 Å². The monoisotopic (exact) mass is 668 g/mol. The van der Waals surface area contributed by atoms with Gasteiger partial charge in [-0.2, -0.15) is 0 Å². The van der Waals surface area contributed by atoms with Crippen LogP contribution in [0, 0.1) is 0 Å². The second-order valence-corrected chi connectivity index (χ2v) is 16.8. The highest BCUT2D eigenvalue weighted by Gasteiger charge is 2.42. The Kier molecular flexibility index (Phi) is 7.88. The van der Waals surface area contributed by atoms with Crippen molar-refractivity contribution in [2.45, 2.75) is 0 Å². The zero-order valence-electron chi connectivity index (χ0n) is 28.2. The van der Waals surface area contributed by atoms with Crippen molar-refractivity contribution < 1.29 is 0 Å². The number of nitrogens with zero attached hydrogens (tertiary/aromatic N) is 2. The van der Waals surface area contributed by atoms with Crippen molar-refractivity contribution >= 4 is 67.7 Å². The van der Waals surface area contributed by atoms with Gasteiger partial charge in [0.05, 0.1) is 11.0 Å². The van der Waals surface area contributed by atoms with Crippen LogP contribution in [-0.4, -0.2) is 12.6 Å². The molecule has 3 heteroatoms. The summed E-state index contributed by atoms with van der Waals surface area (Å²) in [7, 11) is -2.91. The normalized spacial score (nSPS) is 11.5. The lowest BCUT2D eigenvalue weighted by atomic mass is 10.1. The third-order valence-electron chi connectivity index (χ3n) is 10.1. The average Bonchev–Trinajstić information content (AvgIpc) is 3.54. The lowest BCUT2D eigenvalue weighted by molar-refractivity contribution is 1.18. The van der Waals surface area contributed by atoms with Gasteiger partial charge < -0.3 is 9.47 Å². The van der Waals surface area contributed by atoms with Gasteiger partial charge in [0.1, 0.15) is 0 Å². The molecule has 0 saturated carbocycles. The lowest BCUT2D eigenvalue weighted by Gasteiger charge is -2.35. The Morgan fingerprint density at radius 2 is 0.765 bits per heavy atom. The largest absolute Gasteiger partial charge is 0.311 e. The van der Waals surface area contributed by atoms with Gasteiger partial charge in [0.25, 0.3) is 0 Å². The van der Waals surface area contributed by atoms with E-state index in [-0.39, 0.29) is 0 Å². The van der Waals surface area contributed by atoms with Crippen LogP contribution >= 0.6 is 0 Å². The highest BCUT2D eigenvalue weighted by molar-refractivity contribution is 7.20. The first-order chi connectivity index (χ1) is 25.3. The van der Waals surface area contributed by atoms with Gasteiger partial charge in [-0.05, 0) is 81.4 Å². The number of para-hydroxylation sites is 4. The molecule has 1 heterocycles. The van der Waals surface area contributed by atoms with Crippen molar-refractivity contribution in [3.8, 4) is 5.69 Å². The first-order valence-electron chi connectivity index (χ1n) is 17.5. The minimum absolute atomic E-state index is 1.13. The summed E-state index contributed by atoms with van der Waals surface area (Å²) >= 11 is 0. The molecule has 1 aromatic heterocycles. The van der Waals surface area contributed by atoms with Crippen molar-refractivity contribution in [2.75, 3.05) is 4.90 Å². The van der Waals surface area contributed by atoms with Gasteiger partial charge in [-0.1, -0.05) is 158 Å². The first kappa shape index (κ1) is 30.6. The van der Waals surface area contributed by atoms with Gasteiger partial charge in [-0.25, -0.2) is 0 Å². The van der Waals surface area contributed by atoms with E-state index >= 15 is 0 Å². The Hall–Kier alpha value is -6.42. The van der Waals surface area contributed by atoms with Crippen molar-refractivity contribution in [3.63, 3.8) is 0 Å². The Balaban J connectivity index is 1.37. The molecular formula is C48H36N2Si. The van der Waals surface area contributed by atoms with E-state index < -0.39 is 8.07 Å². The Bertz CT molecular complexity index is 2490. The maximum atomic E-state index is 2.49. The van der Waals surface area contributed by atoms with Crippen LogP contribution in [0.3, 0.4) is 0 Å². The fourth-order valence-electron chi connectivity index (χ4n) is 7.91. The van der Waals surface area contributed by atoms with Gasteiger partial charge in [0, 0.05) is 33.5 Å². The maximum Gasteiger partial charge on any atom is 0.179 e. The molecular weight excluding hydrogens is 633 g/mol. The number of anilines is 3. The van der Waals surface area contributed by atoms with E-state index in [1.54, 1.807) is 0 Å². The molecule has 0 unspecified atom stereocenters. The van der Waals surface area contributed by atoms with E-state index in [1.807, 2.05) is 0 Å². The Morgan fingerprint density at radius 3 is 1.37 bits per heavy atom. The maximum absolute atomic E-state index is 2.91. The lowest BCUT2D eigenvalue weighted by Crippen LogP contribution is -2.74. The number of hydrogen-bond donors (Lipinski definition) is 0. The van der Waals surface area contributed by atoms with Gasteiger partial charge >= 0.3 is 0 Å². The number of benzene rings is 8. The summed E-state index contributed by atoms with van der Waals surface area (Å²) in [5, 5.41) is 7.89. The Morgan fingerprint density at radius 1 is 0.314 bits per heavy atom.